The number of nitrogen functional groups attached to an aromatic ring is 1. The van der Waals surface area contributed by atoms with Crippen LogP contribution in [0.5, 0.6) is 0 Å². The molecule has 1 atom stereocenters. The lowest BCUT2D eigenvalue weighted by Crippen LogP contribution is -2.39. The maximum atomic E-state index is 5.64. The molecule has 2 heterocycles. The van der Waals surface area contributed by atoms with Crippen molar-refractivity contribution in [1.82, 2.24) is 14.8 Å². The number of likely N-dealkylation sites (tertiary alicyclic amines) is 1. The Balaban J connectivity index is 1.75. The SMILES string of the molecule is CCN1CCCC1CN(C)CCc1ccc(N)cn1. The fraction of sp³-hybridized carbons (Fsp3) is 0.667. The molecule has 1 unspecified atom stereocenters. The van der Waals surface area contributed by atoms with E-state index >= 15 is 0 Å². The van der Waals surface area contributed by atoms with Crippen LogP contribution in [0.1, 0.15) is 25.5 Å². The van der Waals surface area contributed by atoms with E-state index in [0.29, 0.717) is 0 Å². The molecule has 1 saturated heterocycles. The second-order valence-electron chi connectivity index (χ2n) is 5.52. The molecule has 0 spiro atoms. The summed E-state index contributed by atoms with van der Waals surface area (Å²) in [6.07, 6.45) is 5.44. The van der Waals surface area contributed by atoms with Gasteiger partial charge in [0.25, 0.3) is 0 Å². The second kappa shape index (κ2) is 6.87. The molecule has 0 radical (unpaired) electrons. The van der Waals surface area contributed by atoms with Gasteiger partial charge in [-0.2, -0.15) is 0 Å². The van der Waals surface area contributed by atoms with Crippen LogP contribution in [0.4, 0.5) is 5.69 Å². The summed E-state index contributed by atoms with van der Waals surface area (Å²) in [6.45, 7) is 6.94. The van der Waals surface area contributed by atoms with Gasteiger partial charge in [0, 0.05) is 31.2 Å². The zero-order valence-corrected chi connectivity index (χ0v) is 12.2. The van der Waals surface area contributed by atoms with Crippen molar-refractivity contribution >= 4 is 5.69 Å². The van der Waals surface area contributed by atoms with Crippen molar-refractivity contribution in [1.29, 1.82) is 0 Å². The minimum atomic E-state index is 0.738. The van der Waals surface area contributed by atoms with Crippen LogP contribution in [0.15, 0.2) is 18.3 Å². The van der Waals surface area contributed by atoms with Gasteiger partial charge in [-0.05, 0) is 45.1 Å². The Hall–Kier alpha value is -1.13. The molecule has 1 aliphatic rings. The van der Waals surface area contributed by atoms with Crippen LogP contribution in [0, 0.1) is 0 Å². The highest BCUT2D eigenvalue weighted by Gasteiger charge is 2.23. The molecule has 0 aliphatic carbocycles. The molecule has 4 heteroatoms. The van der Waals surface area contributed by atoms with E-state index in [9.17, 15) is 0 Å². The van der Waals surface area contributed by atoms with Gasteiger partial charge in [0.05, 0.1) is 11.9 Å². The molecular weight excluding hydrogens is 236 g/mol. The summed E-state index contributed by atoms with van der Waals surface area (Å²) in [4.78, 5) is 9.37. The summed E-state index contributed by atoms with van der Waals surface area (Å²) in [7, 11) is 2.21. The molecule has 1 aliphatic heterocycles. The van der Waals surface area contributed by atoms with Crippen LogP contribution in [0.2, 0.25) is 0 Å². The summed E-state index contributed by atoms with van der Waals surface area (Å²) >= 11 is 0. The number of rotatable bonds is 6. The van der Waals surface area contributed by atoms with Gasteiger partial charge in [-0.1, -0.05) is 6.92 Å². The Morgan fingerprint density at radius 2 is 2.32 bits per heavy atom. The van der Waals surface area contributed by atoms with Crippen molar-refractivity contribution in [2.75, 3.05) is 39.0 Å². The van der Waals surface area contributed by atoms with Crippen LogP contribution in [0.3, 0.4) is 0 Å². The predicted octanol–water partition coefficient (Wildman–Crippen LogP) is 1.62. The first-order valence-corrected chi connectivity index (χ1v) is 7.32. The highest BCUT2D eigenvalue weighted by atomic mass is 15.2. The lowest BCUT2D eigenvalue weighted by atomic mass is 10.2. The maximum Gasteiger partial charge on any atom is 0.0501 e. The van der Waals surface area contributed by atoms with Gasteiger partial charge in [0.2, 0.25) is 0 Å². The minimum absolute atomic E-state index is 0.738. The van der Waals surface area contributed by atoms with Crippen molar-refractivity contribution < 1.29 is 0 Å². The number of likely N-dealkylation sites (N-methyl/N-ethyl adjacent to an activating group) is 2. The number of aromatic nitrogens is 1. The standard InChI is InChI=1S/C15H26N4/c1-3-19-9-4-5-15(19)12-18(2)10-8-14-7-6-13(16)11-17-14/h6-7,11,15H,3-5,8-10,12,16H2,1-2H3. The fourth-order valence-electron chi connectivity index (χ4n) is 2.86. The molecule has 0 aromatic carbocycles. The van der Waals surface area contributed by atoms with E-state index in [1.807, 2.05) is 12.1 Å². The van der Waals surface area contributed by atoms with Gasteiger partial charge in [-0.15, -0.1) is 0 Å². The largest absolute Gasteiger partial charge is 0.397 e. The van der Waals surface area contributed by atoms with Crippen molar-refractivity contribution in [3.05, 3.63) is 24.0 Å². The van der Waals surface area contributed by atoms with Crippen LogP contribution in [0.25, 0.3) is 0 Å². The summed E-state index contributed by atoms with van der Waals surface area (Å²) in [5.41, 5.74) is 7.51. The van der Waals surface area contributed by atoms with Gasteiger partial charge >= 0.3 is 0 Å². The molecule has 1 aromatic heterocycles. The van der Waals surface area contributed by atoms with E-state index in [1.165, 1.54) is 32.5 Å². The normalized spacial score (nSPS) is 20.3. The molecule has 0 amide bonds. The Labute approximate surface area is 116 Å². The molecule has 2 N–H and O–H groups in total. The number of nitrogens with two attached hydrogens (primary N) is 1. The molecule has 106 valence electrons. The molecule has 0 saturated carbocycles. The van der Waals surface area contributed by atoms with Crippen molar-refractivity contribution in [3.8, 4) is 0 Å². The number of hydrogen-bond acceptors (Lipinski definition) is 4. The van der Waals surface area contributed by atoms with Crippen molar-refractivity contribution in [2.45, 2.75) is 32.2 Å². The Bertz CT molecular complexity index is 376. The summed E-state index contributed by atoms with van der Waals surface area (Å²) in [5, 5.41) is 0. The zero-order chi connectivity index (χ0) is 13.7. The zero-order valence-electron chi connectivity index (χ0n) is 12.2. The molecule has 1 aromatic rings. The molecular formula is C15H26N4. The third kappa shape index (κ3) is 4.18. The first-order valence-electron chi connectivity index (χ1n) is 7.32. The summed E-state index contributed by atoms with van der Waals surface area (Å²) in [6, 6.07) is 4.70. The Morgan fingerprint density at radius 1 is 1.47 bits per heavy atom. The van der Waals surface area contributed by atoms with E-state index in [-0.39, 0.29) is 0 Å². The maximum absolute atomic E-state index is 5.64. The van der Waals surface area contributed by atoms with E-state index in [2.05, 4.69) is 28.8 Å². The molecule has 4 nitrogen and oxygen atoms in total. The van der Waals surface area contributed by atoms with Crippen LogP contribution in [-0.4, -0.2) is 54.1 Å². The van der Waals surface area contributed by atoms with E-state index < -0.39 is 0 Å². The van der Waals surface area contributed by atoms with Gasteiger partial charge in [-0.3, -0.25) is 9.88 Å². The highest BCUT2D eigenvalue weighted by Crippen LogP contribution is 2.17. The summed E-state index contributed by atoms with van der Waals surface area (Å²) < 4.78 is 0. The van der Waals surface area contributed by atoms with E-state index in [4.69, 9.17) is 5.73 Å². The minimum Gasteiger partial charge on any atom is -0.397 e. The van der Waals surface area contributed by atoms with Crippen molar-refractivity contribution in [2.24, 2.45) is 0 Å². The number of hydrogen-bond donors (Lipinski definition) is 1. The quantitative estimate of drug-likeness (QED) is 0.846. The monoisotopic (exact) mass is 262 g/mol. The first kappa shape index (κ1) is 14.3. The molecule has 0 bridgehead atoms. The number of nitrogens with zero attached hydrogens (tertiary/aromatic N) is 3. The van der Waals surface area contributed by atoms with Crippen LogP contribution < -0.4 is 5.73 Å². The van der Waals surface area contributed by atoms with Gasteiger partial charge in [0.15, 0.2) is 0 Å². The van der Waals surface area contributed by atoms with Crippen LogP contribution >= 0.6 is 0 Å². The predicted molar refractivity (Wildman–Crippen MR) is 80.1 cm³/mol. The second-order valence-corrected chi connectivity index (χ2v) is 5.52. The topological polar surface area (TPSA) is 45.4 Å². The molecule has 19 heavy (non-hydrogen) atoms. The third-order valence-corrected chi connectivity index (χ3v) is 4.02. The lowest BCUT2D eigenvalue weighted by Gasteiger charge is -2.27. The number of pyridine rings is 1. The molecule has 2 rings (SSSR count). The van der Waals surface area contributed by atoms with E-state index in [1.54, 1.807) is 6.20 Å². The summed E-state index contributed by atoms with van der Waals surface area (Å²) in [5.74, 6) is 0. The first-order chi connectivity index (χ1) is 9.19. The van der Waals surface area contributed by atoms with E-state index in [0.717, 1.165) is 30.4 Å². The van der Waals surface area contributed by atoms with Gasteiger partial charge in [-0.25, -0.2) is 0 Å². The van der Waals surface area contributed by atoms with Gasteiger partial charge < -0.3 is 10.6 Å². The lowest BCUT2D eigenvalue weighted by molar-refractivity contribution is 0.199. The fourth-order valence-corrected chi connectivity index (χ4v) is 2.86. The average molecular weight is 262 g/mol. The Kier molecular flexibility index (Phi) is 5.16. The number of anilines is 1. The van der Waals surface area contributed by atoms with Crippen molar-refractivity contribution in [3.63, 3.8) is 0 Å². The van der Waals surface area contributed by atoms with Crippen LogP contribution in [-0.2, 0) is 6.42 Å². The van der Waals surface area contributed by atoms with Gasteiger partial charge in [0.1, 0.15) is 0 Å². The molecule has 1 fully saturated rings. The smallest absolute Gasteiger partial charge is 0.0501 e. The Morgan fingerprint density at radius 3 is 3.00 bits per heavy atom. The third-order valence-electron chi connectivity index (χ3n) is 4.02. The average Bonchev–Trinajstić information content (AvgIpc) is 2.85. The highest BCUT2D eigenvalue weighted by molar-refractivity contribution is 5.34.